The molecule has 0 aliphatic rings. The van der Waals surface area contributed by atoms with E-state index in [1.165, 1.54) is 0 Å². The van der Waals surface area contributed by atoms with Crippen LogP contribution in [0.25, 0.3) is 22.4 Å². The Morgan fingerprint density at radius 3 is 2.60 bits per heavy atom. The molecule has 0 saturated carbocycles. The van der Waals surface area contributed by atoms with Crippen molar-refractivity contribution >= 4 is 32.7 Å². The first-order valence-electron chi connectivity index (χ1n) is 5.84. The van der Waals surface area contributed by atoms with Gasteiger partial charge in [0, 0.05) is 28.8 Å². The number of hydrogen-bond donors (Lipinski definition) is 1. The monoisotopic (exact) mass is 337 g/mol. The number of imidazole rings is 1. The van der Waals surface area contributed by atoms with Crippen LogP contribution in [-0.4, -0.2) is 9.55 Å². The molecule has 0 bridgehead atoms. The lowest BCUT2D eigenvalue weighted by molar-refractivity contribution is 0.509. The number of aryl methyl sites for hydroxylation is 1. The van der Waals surface area contributed by atoms with Gasteiger partial charge in [0.25, 0.3) is 0 Å². The van der Waals surface area contributed by atoms with Gasteiger partial charge < -0.3 is 10.3 Å². The third-order valence-corrected chi connectivity index (χ3v) is 3.67. The van der Waals surface area contributed by atoms with E-state index in [4.69, 9.17) is 5.73 Å². The molecule has 3 rings (SSSR count). The maximum Gasteiger partial charge on any atom is 0.160 e. The molecule has 3 nitrogen and oxygen atoms in total. The molecule has 0 spiro atoms. The molecule has 0 unspecified atom stereocenters. The highest BCUT2D eigenvalue weighted by Gasteiger charge is 2.15. The van der Waals surface area contributed by atoms with E-state index in [-0.39, 0.29) is 5.69 Å². The van der Waals surface area contributed by atoms with Crippen molar-refractivity contribution in [2.24, 2.45) is 7.05 Å². The SMILES string of the molecule is Cn1c(-c2cc(F)c(F)cc2N)nc2cc(Br)ccc21. The summed E-state index contributed by atoms with van der Waals surface area (Å²) in [7, 11) is 1.80. The van der Waals surface area contributed by atoms with Crippen molar-refractivity contribution in [3.8, 4) is 11.4 Å². The van der Waals surface area contributed by atoms with Gasteiger partial charge in [0.2, 0.25) is 0 Å². The fourth-order valence-corrected chi connectivity index (χ4v) is 2.52. The first kappa shape index (κ1) is 13.1. The average Bonchev–Trinajstić information content (AvgIpc) is 2.70. The van der Waals surface area contributed by atoms with E-state index >= 15 is 0 Å². The van der Waals surface area contributed by atoms with Crippen molar-refractivity contribution in [2.75, 3.05) is 5.73 Å². The van der Waals surface area contributed by atoms with Crippen LogP contribution in [0.3, 0.4) is 0 Å². The number of nitrogens with zero attached hydrogens (tertiary/aromatic N) is 2. The quantitative estimate of drug-likeness (QED) is 0.685. The molecule has 0 atom stereocenters. The largest absolute Gasteiger partial charge is 0.398 e. The second kappa shape index (κ2) is 4.56. The van der Waals surface area contributed by atoms with Crippen LogP contribution in [0.2, 0.25) is 0 Å². The second-order valence-corrected chi connectivity index (χ2v) is 5.40. The highest BCUT2D eigenvalue weighted by atomic mass is 79.9. The predicted molar refractivity (Wildman–Crippen MR) is 78.2 cm³/mol. The van der Waals surface area contributed by atoms with Crippen LogP contribution in [0, 0.1) is 11.6 Å². The van der Waals surface area contributed by atoms with Crippen molar-refractivity contribution < 1.29 is 8.78 Å². The van der Waals surface area contributed by atoms with Crippen LogP contribution in [0.1, 0.15) is 0 Å². The van der Waals surface area contributed by atoms with Crippen LogP contribution in [0.15, 0.2) is 34.8 Å². The van der Waals surface area contributed by atoms with Gasteiger partial charge in [-0.3, -0.25) is 0 Å². The number of nitrogen functional groups attached to an aromatic ring is 1. The Bertz CT molecular complexity index is 827. The Balaban J connectivity index is 2.30. The Hall–Kier alpha value is -1.95. The average molecular weight is 338 g/mol. The molecular weight excluding hydrogens is 328 g/mol. The number of fused-ring (bicyclic) bond motifs is 1. The Morgan fingerprint density at radius 1 is 1.15 bits per heavy atom. The van der Waals surface area contributed by atoms with Crippen molar-refractivity contribution in [3.05, 3.63) is 46.4 Å². The number of benzene rings is 2. The lowest BCUT2D eigenvalue weighted by Crippen LogP contribution is -1.99. The number of rotatable bonds is 1. The number of hydrogen-bond acceptors (Lipinski definition) is 2. The summed E-state index contributed by atoms with van der Waals surface area (Å²) in [5.74, 6) is -1.41. The van der Waals surface area contributed by atoms with E-state index in [1.807, 2.05) is 18.2 Å². The molecule has 0 aliphatic heterocycles. The summed E-state index contributed by atoms with van der Waals surface area (Å²) in [5, 5.41) is 0. The minimum Gasteiger partial charge on any atom is -0.398 e. The zero-order valence-electron chi connectivity index (χ0n) is 10.5. The van der Waals surface area contributed by atoms with Gasteiger partial charge in [0.15, 0.2) is 11.6 Å². The minimum absolute atomic E-state index is 0.154. The van der Waals surface area contributed by atoms with Crippen molar-refractivity contribution in [1.82, 2.24) is 9.55 Å². The topological polar surface area (TPSA) is 43.8 Å². The van der Waals surface area contributed by atoms with Crippen LogP contribution in [0.5, 0.6) is 0 Å². The van der Waals surface area contributed by atoms with Crippen molar-refractivity contribution in [3.63, 3.8) is 0 Å². The molecule has 0 amide bonds. The third kappa shape index (κ3) is 1.96. The summed E-state index contributed by atoms with van der Waals surface area (Å²) in [5.41, 5.74) is 7.93. The molecule has 2 N–H and O–H groups in total. The summed E-state index contributed by atoms with van der Waals surface area (Å²) in [6.45, 7) is 0. The number of halogens is 3. The van der Waals surface area contributed by atoms with Gasteiger partial charge in [-0.15, -0.1) is 0 Å². The summed E-state index contributed by atoms with van der Waals surface area (Å²) in [6, 6.07) is 7.68. The molecule has 1 aromatic heterocycles. The second-order valence-electron chi connectivity index (χ2n) is 4.48. The Morgan fingerprint density at radius 2 is 1.85 bits per heavy atom. The van der Waals surface area contributed by atoms with Gasteiger partial charge in [-0.05, 0) is 24.3 Å². The van der Waals surface area contributed by atoms with Gasteiger partial charge in [0.1, 0.15) is 5.82 Å². The van der Waals surface area contributed by atoms with Crippen molar-refractivity contribution in [1.29, 1.82) is 0 Å². The van der Waals surface area contributed by atoms with E-state index in [1.54, 1.807) is 11.6 Å². The summed E-state index contributed by atoms with van der Waals surface area (Å²) in [4.78, 5) is 4.44. The number of aromatic nitrogens is 2. The summed E-state index contributed by atoms with van der Waals surface area (Å²) in [6.07, 6.45) is 0. The van der Waals surface area contributed by atoms with E-state index in [0.717, 1.165) is 27.6 Å². The van der Waals surface area contributed by atoms with Crippen LogP contribution in [0.4, 0.5) is 14.5 Å². The highest BCUT2D eigenvalue weighted by molar-refractivity contribution is 9.10. The molecule has 20 heavy (non-hydrogen) atoms. The van der Waals surface area contributed by atoms with Gasteiger partial charge in [0.05, 0.1) is 11.0 Å². The maximum absolute atomic E-state index is 13.4. The Labute approximate surface area is 122 Å². The lowest BCUT2D eigenvalue weighted by Gasteiger charge is -2.06. The van der Waals surface area contributed by atoms with E-state index in [0.29, 0.717) is 11.4 Å². The van der Waals surface area contributed by atoms with E-state index < -0.39 is 11.6 Å². The molecule has 6 heteroatoms. The summed E-state index contributed by atoms with van der Waals surface area (Å²) >= 11 is 3.37. The zero-order valence-corrected chi connectivity index (χ0v) is 12.1. The molecule has 0 radical (unpaired) electrons. The molecule has 0 saturated heterocycles. The van der Waals surface area contributed by atoms with E-state index in [9.17, 15) is 8.78 Å². The number of anilines is 1. The maximum atomic E-state index is 13.4. The van der Waals surface area contributed by atoms with Crippen LogP contribution >= 0.6 is 15.9 Å². The third-order valence-electron chi connectivity index (χ3n) is 3.18. The molecule has 2 aromatic carbocycles. The predicted octanol–water partition coefficient (Wildman–Crippen LogP) is 3.86. The summed E-state index contributed by atoms with van der Waals surface area (Å²) < 4.78 is 29.3. The minimum atomic E-state index is -0.965. The zero-order chi connectivity index (χ0) is 14.4. The van der Waals surface area contributed by atoms with E-state index in [2.05, 4.69) is 20.9 Å². The van der Waals surface area contributed by atoms with Gasteiger partial charge in [-0.1, -0.05) is 15.9 Å². The smallest absolute Gasteiger partial charge is 0.160 e. The molecular formula is C14H10BrF2N3. The van der Waals surface area contributed by atoms with Gasteiger partial charge in [-0.2, -0.15) is 0 Å². The van der Waals surface area contributed by atoms with Crippen LogP contribution in [-0.2, 0) is 7.05 Å². The molecule has 3 aromatic rings. The Kier molecular flexibility index (Phi) is 2.97. The molecule has 1 heterocycles. The normalized spacial score (nSPS) is 11.2. The van der Waals surface area contributed by atoms with Crippen LogP contribution < -0.4 is 5.73 Å². The first-order valence-corrected chi connectivity index (χ1v) is 6.63. The fourth-order valence-electron chi connectivity index (χ4n) is 2.17. The van der Waals surface area contributed by atoms with Gasteiger partial charge in [-0.25, -0.2) is 13.8 Å². The van der Waals surface area contributed by atoms with Gasteiger partial charge >= 0.3 is 0 Å². The lowest BCUT2D eigenvalue weighted by atomic mass is 10.1. The van der Waals surface area contributed by atoms with Crippen molar-refractivity contribution in [2.45, 2.75) is 0 Å². The molecule has 0 aliphatic carbocycles. The highest BCUT2D eigenvalue weighted by Crippen LogP contribution is 2.30. The first-order chi connectivity index (χ1) is 9.47. The molecule has 102 valence electrons. The fraction of sp³-hybridized carbons (Fsp3) is 0.0714. The standard InChI is InChI=1S/C14H10BrF2N3/c1-20-13-3-2-7(15)4-12(13)19-14(20)8-5-9(16)10(17)6-11(8)18/h2-6H,18H2,1H3. The number of nitrogens with two attached hydrogens (primary N) is 1. The molecule has 0 fully saturated rings.